The third kappa shape index (κ3) is 6.04. The van der Waals surface area contributed by atoms with Crippen LogP contribution < -0.4 is 10.0 Å². The van der Waals surface area contributed by atoms with E-state index in [4.69, 9.17) is 4.74 Å². The van der Waals surface area contributed by atoms with Crippen molar-refractivity contribution >= 4 is 39.3 Å². The predicted octanol–water partition coefficient (Wildman–Crippen LogP) is 3.01. The first-order chi connectivity index (χ1) is 17.4. The van der Waals surface area contributed by atoms with Crippen LogP contribution in [-0.2, 0) is 21.3 Å². The first-order valence-electron chi connectivity index (χ1n) is 11.2. The summed E-state index contributed by atoms with van der Waals surface area (Å²) in [6.07, 6.45) is 5.11. The number of aromatic nitrogens is 1. The lowest BCUT2D eigenvalue weighted by atomic mass is 10.1. The summed E-state index contributed by atoms with van der Waals surface area (Å²) in [5.74, 6) is -0.673. The van der Waals surface area contributed by atoms with E-state index in [0.717, 1.165) is 5.56 Å². The Bertz CT molecular complexity index is 1340. The quantitative estimate of drug-likeness (QED) is 0.433. The average molecular weight is 527 g/mol. The predicted molar refractivity (Wildman–Crippen MR) is 138 cm³/mol. The average Bonchev–Trinajstić information content (AvgIpc) is 2.92. The molecule has 1 saturated heterocycles. The third-order valence-corrected chi connectivity index (χ3v) is 7.76. The number of carbonyl (C=O) groups is 2. The van der Waals surface area contributed by atoms with Crippen molar-refractivity contribution in [1.29, 1.82) is 0 Å². The smallest absolute Gasteiger partial charge is 0.261 e. The van der Waals surface area contributed by atoms with Crippen molar-refractivity contribution in [1.82, 2.24) is 15.2 Å². The van der Waals surface area contributed by atoms with Crippen LogP contribution in [0.2, 0.25) is 0 Å². The summed E-state index contributed by atoms with van der Waals surface area (Å²) in [6, 6.07) is 14.4. The molecule has 2 aromatic carbocycles. The van der Waals surface area contributed by atoms with Crippen LogP contribution in [-0.4, -0.2) is 62.7 Å². The molecule has 11 heteroatoms. The zero-order valence-electron chi connectivity index (χ0n) is 19.6. The van der Waals surface area contributed by atoms with E-state index in [1.807, 2.05) is 12.3 Å². The first kappa shape index (κ1) is 25.7. The van der Waals surface area contributed by atoms with Crippen LogP contribution in [0.4, 0.5) is 5.69 Å². The van der Waals surface area contributed by atoms with Gasteiger partial charge in [-0.05, 0) is 48.2 Å². The Hall–Kier alpha value is -3.41. The topological polar surface area (TPSA) is 118 Å². The number of hydrogen-bond acceptors (Lipinski definition) is 7. The maximum absolute atomic E-state index is 13.3. The highest BCUT2D eigenvalue weighted by Gasteiger charge is 2.25. The molecule has 3 aromatic rings. The fourth-order valence-electron chi connectivity index (χ4n) is 3.71. The van der Waals surface area contributed by atoms with E-state index in [1.165, 1.54) is 30.0 Å². The molecule has 1 aliphatic heterocycles. The second kappa shape index (κ2) is 11.5. The zero-order chi connectivity index (χ0) is 25.5. The van der Waals surface area contributed by atoms with Crippen LogP contribution >= 0.6 is 11.8 Å². The monoisotopic (exact) mass is 526 g/mol. The Labute approximate surface area is 214 Å². The van der Waals surface area contributed by atoms with Gasteiger partial charge in [-0.3, -0.25) is 19.3 Å². The van der Waals surface area contributed by atoms with E-state index < -0.39 is 15.9 Å². The standard InChI is InChI=1S/C25H26N4O5S2/c1-35-23-9-8-19(15-21(23)25(31)29-11-13-34-14-12-29)36(32,33)28-22-7-3-2-6-20(22)24(30)27-17-18-5-4-10-26-16-18/h2-10,15-16,28H,11-14,17H2,1H3,(H,27,30). The van der Waals surface area contributed by atoms with Gasteiger partial charge in [0.05, 0.1) is 34.9 Å². The van der Waals surface area contributed by atoms with Crippen molar-refractivity contribution in [3.05, 3.63) is 83.7 Å². The molecular formula is C25H26N4O5S2. The number of ether oxygens (including phenoxy) is 1. The molecule has 1 aromatic heterocycles. The number of thioether (sulfide) groups is 1. The molecule has 36 heavy (non-hydrogen) atoms. The molecular weight excluding hydrogens is 500 g/mol. The van der Waals surface area contributed by atoms with Gasteiger partial charge >= 0.3 is 0 Å². The van der Waals surface area contributed by atoms with E-state index in [1.54, 1.807) is 47.6 Å². The van der Waals surface area contributed by atoms with Gasteiger partial charge in [0.25, 0.3) is 21.8 Å². The number of nitrogens with one attached hydrogen (secondary N) is 2. The lowest BCUT2D eigenvalue weighted by molar-refractivity contribution is 0.0300. The molecule has 188 valence electrons. The molecule has 0 radical (unpaired) electrons. The molecule has 0 saturated carbocycles. The maximum atomic E-state index is 13.3. The largest absolute Gasteiger partial charge is 0.378 e. The Balaban J connectivity index is 1.57. The maximum Gasteiger partial charge on any atom is 0.261 e. The lowest BCUT2D eigenvalue weighted by Crippen LogP contribution is -2.41. The summed E-state index contributed by atoms with van der Waals surface area (Å²) in [5, 5.41) is 2.78. The normalized spacial score (nSPS) is 13.8. The molecule has 1 fully saturated rings. The number of hydrogen-bond donors (Lipinski definition) is 2. The van der Waals surface area contributed by atoms with Crippen LogP contribution in [0.5, 0.6) is 0 Å². The van der Waals surface area contributed by atoms with E-state index >= 15 is 0 Å². The Morgan fingerprint density at radius 1 is 1.06 bits per heavy atom. The van der Waals surface area contributed by atoms with Crippen molar-refractivity contribution in [3.63, 3.8) is 0 Å². The van der Waals surface area contributed by atoms with Gasteiger partial charge in [-0.2, -0.15) is 0 Å². The van der Waals surface area contributed by atoms with Crippen molar-refractivity contribution in [2.24, 2.45) is 0 Å². The zero-order valence-corrected chi connectivity index (χ0v) is 21.3. The fourth-order valence-corrected chi connectivity index (χ4v) is 5.39. The molecule has 0 aliphatic carbocycles. The van der Waals surface area contributed by atoms with Crippen LogP contribution in [0.1, 0.15) is 26.3 Å². The van der Waals surface area contributed by atoms with Crippen LogP contribution in [0.25, 0.3) is 0 Å². The molecule has 2 amide bonds. The molecule has 2 N–H and O–H groups in total. The molecule has 9 nitrogen and oxygen atoms in total. The second-order valence-electron chi connectivity index (χ2n) is 7.96. The number of sulfonamides is 1. The highest BCUT2D eigenvalue weighted by molar-refractivity contribution is 7.98. The molecule has 0 spiro atoms. The van der Waals surface area contributed by atoms with Crippen molar-refractivity contribution in [3.8, 4) is 0 Å². The number of nitrogens with zero attached hydrogens (tertiary/aromatic N) is 2. The molecule has 0 unspecified atom stereocenters. The number of rotatable bonds is 8. The van der Waals surface area contributed by atoms with Gasteiger partial charge in [0.15, 0.2) is 0 Å². The van der Waals surface area contributed by atoms with Gasteiger partial charge in [-0.25, -0.2) is 8.42 Å². The Morgan fingerprint density at radius 3 is 2.56 bits per heavy atom. The first-order valence-corrected chi connectivity index (χ1v) is 13.9. The van der Waals surface area contributed by atoms with E-state index in [-0.39, 0.29) is 28.6 Å². The number of para-hydroxylation sites is 1. The van der Waals surface area contributed by atoms with Gasteiger partial charge in [0, 0.05) is 36.9 Å². The molecule has 1 aliphatic rings. The second-order valence-corrected chi connectivity index (χ2v) is 10.5. The van der Waals surface area contributed by atoms with Crippen molar-refractivity contribution in [2.75, 3.05) is 37.3 Å². The SMILES string of the molecule is CSc1ccc(S(=O)(=O)Nc2ccccc2C(=O)NCc2cccnc2)cc1C(=O)N1CCOCC1. The van der Waals surface area contributed by atoms with Crippen molar-refractivity contribution < 1.29 is 22.7 Å². The fraction of sp³-hybridized carbons (Fsp3) is 0.240. The van der Waals surface area contributed by atoms with Crippen LogP contribution in [0, 0.1) is 0 Å². The summed E-state index contributed by atoms with van der Waals surface area (Å²) < 4.78 is 34.4. The third-order valence-electron chi connectivity index (χ3n) is 5.60. The number of benzene rings is 2. The highest BCUT2D eigenvalue weighted by atomic mass is 32.2. The van der Waals surface area contributed by atoms with Gasteiger partial charge in [-0.15, -0.1) is 11.8 Å². The minimum Gasteiger partial charge on any atom is -0.378 e. The van der Waals surface area contributed by atoms with Gasteiger partial charge in [0.2, 0.25) is 0 Å². The number of amides is 2. The molecule has 4 rings (SSSR count). The Morgan fingerprint density at radius 2 is 1.83 bits per heavy atom. The van der Waals surface area contributed by atoms with Crippen LogP contribution in [0.15, 0.2) is 76.8 Å². The van der Waals surface area contributed by atoms with E-state index in [2.05, 4.69) is 15.0 Å². The van der Waals surface area contributed by atoms with E-state index in [9.17, 15) is 18.0 Å². The lowest BCUT2D eigenvalue weighted by Gasteiger charge is -2.27. The summed E-state index contributed by atoms with van der Waals surface area (Å²) in [5.41, 5.74) is 1.44. The number of carbonyl (C=O) groups excluding carboxylic acids is 2. The van der Waals surface area contributed by atoms with Gasteiger partial charge in [0.1, 0.15) is 0 Å². The minimum absolute atomic E-state index is 0.0671. The minimum atomic E-state index is -4.09. The summed E-state index contributed by atoms with van der Waals surface area (Å²) in [7, 11) is -4.09. The highest BCUT2D eigenvalue weighted by Crippen LogP contribution is 2.27. The number of morpholine rings is 1. The van der Waals surface area contributed by atoms with Gasteiger partial charge in [-0.1, -0.05) is 18.2 Å². The van der Waals surface area contributed by atoms with Crippen molar-refractivity contribution in [2.45, 2.75) is 16.3 Å². The molecule has 0 bridgehead atoms. The summed E-state index contributed by atoms with van der Waals surface area (Å²) in [4.78, 5) is 32.3. The van der Waals surface area contributed by atoms with Crippen LogP contribution in [0.3, 0.4) is 0 Å². The summed E-state index contributed by atoms with van der Waals surface area (Å²) in [6.45, 7) is 2.03. The summed E-state index contributed by atoms with van der Waals surface area (Å²) >= 11 is 1.37. The number of pyridine rings is 1. The van der Waals surface area contributed by atoms with Gasteiger partial charge < -0.3 is 15.0 Å². The molecule has 2 heterocycles. The number of anilines is 1. The molecule has 0 atom stereocenters. The Kier molecular flexibility index (Phi) is 8.24. The van der Waals surface area contributed by atoms with E-state index in [0.29, 0.717) is 36.8 Å².